The van der Waals surface area contributed by atoms with E-state index in [1.165, 1.54) is 13.2 Å². The van der Waals surface area contributed by atoms with Crippen LogP contribution < -0.4 is 21.3 Å². The van der Waals surface area contributed by atoms with Crippen LogP contribution in [0.4, 0.5) is 16.3 Å². The maximum Gasteiger partial charge on any atom is 0.322 e. The third-order valence-corrected chi connectivity index (χ3v) is 2.32. The maximum absolute atomic E-state index is 13.4. The van der Waals surface area contributed by atoms with Crippen molar-refractivity contribution in [1.29, 1.82) is 0 Å². The molecule has 4 N–H and O–H groups in total. The lowest BCUT2D eigenvalue weighted by atomic mass is 10.2. The summed E-state index contributed by atoms with van der Waals surface area (Å²) in [4.78, 5) is 11.8. The monoisotopic (exact) mass is 264 g/mol. The van der Waals surface area contributed by atoms with Gasteiger partial charge in [-0.05, 0) is 6.07 Å². The average molecular weight is 264 g/mol. The molecular formula is C11H13FN6O. The second kappa shape index (κ2) is 5.91. The molecule has 0 saturated heterocycles. The molecule has 0 saturated carbocycles. The molecule has 0 radical (unpaired) electrons. The summed E-state index contributed by atoms with van der Waals surface area (Å²) >= 11 is 0. The third-order valence-electron chi connectivity index (χ3n) is 2.32. The number of hydrogen-bond donors (Lipinski definition) is 3. The lowest BCUT2D eigenvalue weighted by Gasteiger charge is -2.08. The number of nitrogens with two attached hydrogens (primary N) is 1. The number of hydrogen-bond acceptors (Lipinski definition) is 7. The van der Waals surface area contributed by atoms with E-state index in [0.717, 1.165) is 0 Å². The van der Waals surface area contributed by atoms with Gasteiger partial charge in [0.05, 0.1) is 7.11 Å². The molecule has 0 unspecified atom stereocenters. The predicted octanol–water partition coefficient (Wildman–Crippen LogP) is 0.917. The van der Waals surface area contributed by atoms with E-state index in [1.807, 2.05) is 0 Å². The number of benzene rings is 1. The first-order valence-corrected chi connectivity index (χ1v) is 5.47. The van der Waals surface area contributed by atoms with Gasteiger partial charge in [-0.2, -0.15) is 15.0 Å². The van der Waals surface area contributed by atoms with Gasteiger partial charge in [-0.25, -0.2) is 10.2 Å². The Kier molecular flexibility index (Phi) is 4.04. The number of rotatable bonds is 5. The molecule has 0 spiro atoms. The van der Waals surface area contributed by atoms with E-state index in [-0.39, 0.29) is 30.3 Å². The van der Waals surface area contributed by atoms with Crippen molar-refractivity contribution in [3.05, 3.63) is 35.6 Å². The van der Waals surface area contributed by atoms with Crippen molar-refractivity contribution in [2.75, 3.05) is 17.9 Å². The molecular weight excluding hydrogens is 251 g/mol. The molecule has 1 aromatic heterocycles. The lowest BCUT2D eigenvalue weighted by Crippen LogP contribution is -2.14. The summed E-state index contributed by atoms with van der Waals surface area (Å²) in [6.45, 7) is 0.240. The summed E-state index contributed by atoms with van der Waals surface area (Å²) in [6.07, 6.45) is 0. The summed E-state index contributed by atoms with van der Waals surface area (Å²) < 4.78 is 18.3. The van der Waals surface area contributed by atoms with Gasteiger partial charge < -0.3 is 10.1 Å². The largest absolute Gasteiger partial charge is 0.467 e. The normalized spacial score (nSPS) is 10.1. The highest BCUT2D eigenvalue weighted by Gasteiger charge is 2.06. The van der Waals surface area contributed by atoms with Crippen molar-refractivity contribution in [3.63, 3.8) is 0 Å². The van der Waals surface area contributed by atoms with Crippen LogP contribution in [0.2, 0.25) is 0 Å². The molecule has 0 amide bonds. The molecule has 1 heterocycles. The Balaban J connectivity index is 2.13. The minimum atomic E-state index is -0.298. The summed E-state index contributed by atoms with van der Waals surface area (Å²) in [5, 5.41) is 2.87. The Bertz CT molecular complexity index is 542. The Morgan fingerprint density at radius 1 is 1.21 bits per heavy atom. The number of halogens is 1. The standard InChI is InChI=1S/C11H13FN6O/c1-19-11-16-9(15-10(17-11)18-13)14-6-7-4-2-3-5-8(7)12/h2-5H,6,13H2,1H3,(H2,14,15,16,17,18). The quantitative estimate of drug-likeness (QED) is 0.545. The zero-order valence-corrected chi connectivity index (χ0v) is 10.2. The second-order valence-electron chi connectivity index (χ2n) is 3.56. The lowest BCUT2D eigenvalue weighted by molar-refractivity contribution is 0.379. The van der Waals surface area contributed by atoms with Crippen LogP contribution in [0.15, 0.2) is 24.3 Å². The Morgan fingerprint density at radius 3 is 2.63 bits per heavy atom. The fraction of sp³-hybridized carbons (Fsp3) is 0.182. The fourth-order valence-corrected chi connectivity index (χ4v) is 1.41. The third kappa shape index (κ3) is 3.26. The molecule has 0 bridgehead atoms. The van der Waals surface area contributed by atoms with Crippen LogP contribution in [0.25, 0.3) is 0 Å². The Hall–Kier alpha value is -2.48. The van der Waals surface area contributed by atoms with Crippen molar-refractivity contribution in [2.45, 2.75) is 6.54 Å². The van der Waals surface area contributed by atoms with Crippen molar-refractivity contribution >= 4 is 11.9 Å². The van der Waals surface area contributed by atoms with Crippen LogP contribution >= 0.6 is 0 Å². The number of methoxy groups -OCH3 is 1. The van der Waals surface area contributed by atoms with Crippen molar-refractivity contribution in [2.24, 2.45) is 5.84 Å². The minimum absolute atomic E-state index is 0.110. The maximum atomic E-state index is 13.4. The molecule has 0 atom stereocenters. The van der Waals surface area contributed by atoms with Crippen LogP contribution in [-0.2, 0) is 6.54 Å². The van der Waals surface area contributed by atoms with Crippen molar-refractivity contribution in [1.82, 2.24) is 15.0 Å². The average Bonchev–Trinajstić information content (AvgIpc) is 2.46. The van der Waals surface area contributed by atoms with Gasteiger partial charge in [0.25, 0.3) is 0 Å². The highest BCUT2D eigenvalue weighted by atomic mass is 19.1. The number of anilines is 2. The van der Waals surface area contributed by atoms with Gasteiger partial charge in [0.1, 0.15) is 5.82 Å². The van der Waals surface area contributed by atoms with Gasteiger partial charge in [0.15, 0.2) is 0 Å². The first-order chi connectivity index (χ1) is 9.22. The zero-order valence-electron chi connectivity index (χ0n) is 10.2. The summed E-state index contributed by atoms with van der Waals surface area (Å²) in [6, 6.07) is 6.54. The minimum Gasteiger partial charge on any atom is -0.467 e. The number of ether oxygens (including phenoxy) is 1. The summed E-state index contributed by atoms with van der Waals surface area (Å²) in [5.41, 5.74) is 2.80. The van der Waals surface area contributed by atoms with E-state index < -0.39 is 0 Å². The van der Waals surface area contributed by atoms with Gasteiger partial charge in [0.2, 0.25) is 11.9 Å². The molecule has 7 nitrogen and oxygen atoms in total. The van der Waals surface area contributed by atoms with Crippen LogP contribution in [0, 0.1) is 5.82 Å². The molecule has 8 heteroatoms. The summed E-state index contributed by atoms with van der Waals surface area (Å²) in [7, 11) is 1.43. The topological polar surface area (TPSA) is 98.0 Å². The number of nitrogens with zero attached hydrogens (tertiary/aromatic N) is 3. The second-order valence-corrected chi connectivity index (χ2v) is 3.56. The van der Waals surface area contributed by atoms with E-state index in [0.29, 0.717) is 5.56 Å². The first kappa shape index (κ1) is 13.0. The van der Waals surface area contributed by atoms with E-state index in [9.17, 15) is 4.39 Å². The highest BCUT2D eigenvalue weighted by Crippen LogP contribution is 2.12. The number of nitrogens with one attached hydrogen (secondary N) is 2. The van der Waals surface area contributed by atoms with Crippen LogP contribution in [0.5, 0.6) is 6.01 Å². The molecule has 0 aliphatic rings. The van der Waals surface area contributed by atoms with Gasteiger partial charge in [0, 0.05) is 12.1 Å². The van der Waals surface area contributed by atoms with Crippen LogP contribution in [-0.4, -0.2) is 22.1 Å². The Morgan fingerprint density at radius 2 is 1.95 bits per heavy atom. The van der Waals surface area contributed by atoms with Gasteiger partial charge in [-0.1, -0.05) is 18.2 Å². The SMILES string of the molecule is COc1nc(NN)nc(NCc2ccccc2F)n1. The van der Waals surface area contributed by atoms with Gasteiger partial charge in [-0.3, -0.25) is 5.43 Å². The van der Waals surface area contributed by atoms with E-state index in [2.05, 4.69) is 25.7 Å². The van der Waals surface area contributed by atoms with Crippen LogP contribution in [0.1, 0.15) is 5.56 Å². The van der Waals surface area contributed by atoms with E-state index in [1.54, 1.807) is 18.2 Å². The molecule has 1 aromatic carbocycles. The smallest absolute Gasteiger partial charge is 0.322 e. The van der Waals surface area contributed by atoms with Gasteiger partial charge >= 0.3 is 6.01 Å². The van der Waals surface area contributed by atoms with Crippen molar-refractivity contribution in [3.8, 4) is 6.01 Å². The Labute approximate surface area is 109 Å². The van der Waals surface area contributed by atoms with Crippen molar-refractivity contribution < 1.29 is 9.13 Å². The molecule has 100 valence electrons. The molecule has 0 aliphatic heterocycles. The summed E-state index contributed by atoms with van der Waals surface area (Å²) in [5.74, 6) is 5.32. The molecule has 0 fully saturated rings. The number of nitrogen functional groups attached to an aromatic ring is 1. The highest BCUT2D eigenvalue weighted by molar-refractivity contribution is 5.36. The molecule has 2 rings (SSSR count). The molecule has 2 aromatic rings. The van der Waals surface area contributed by atoms with Gasteiger partial charge in [-0.15, -0.1) is 0 Å². The number of hydrazine groups is 1. The zero-order chi connectivity index (χ0) is 13.7. The number of aromatic nitrogens is 3. The predicted molar refractivity (Wildman–Crippen MR) is 67.9 cm³/mol. The molecule has 19 heavy (non-hydrogen) atoms. The fourth-order valence-electron chi connectivity index (χ4n) is 1.41. The first-order valence-electron chi connectivity index (χ1n) is 5.47. The van der Waals surface area contributed by atoms with E-state index >= 15 is 0 Å². The molecule has 0 aliphatic carbocycles. The van der Waals surface area contributed by atoms with Crippen LogP contribution in [0.3, 0.4) is 0 Å². The van der Waals surface area contributed by atoms with E-state index in [4.69, 9.17) is 10.6 Å².